The van der Waals surface area contributed by atoms with Gasteiger partial charge in [-0.3, -0.25) is 4.99 Å². The van der Waals surface area contributed by atoms with E-state index in [0.717, 1.165) is 65.8 Å². The van der Waals surface area contributed by atoms with Crippen LogP contribution in [0.5, 0.6) is 11.5 Å². The molecular formula is C22H33IN4O3. The number of nitrogens with one attached hydrogen (secondary N) is 2. The SMILES string of the molecule is CN=C(NCCc1c(C)noc1C)NCc1ccc(OC)cc1OC1CCCC1.I. The standard InChI is InChI=1S/C22H32N4O3.HI/c1-15-20(16(2)29-26-15)11-12-24-22(23-3)25-14-17-9-10-19(27-4)13-21(17)28-18-7-5-6-8-18;/h9-10,13,18H,5-8,11-12,14H2,1-4H3,(H2,23,24,25);1H. The van der Waals surface area contributed by atoms with Gasteiger partial charge >= 0.3 is 0 Å². The molecule has 30 heavy (non-hydrogen) atoms. The van der Waals surface area contributed by atoms with E-state index in [1.54, 1.807) is 14.2 Å². The molecule has 166 valence electrons. The summed E-state index contributed by atoms with van der Waals surface area (Å²) in [7, 11) is 3.45. The van der Waals surface area contributed by atoms with E-state index in [4.69, 9.17) is 14.0 Å². The lowest BCUT2D eigenvalue weighted by atomic mass is 10.1. The van der Waals surface area contributed by atoms with Gasteiger partial charge in [-0.15, -0.1) is 24.0 Å². The van der Waals surface area contributed by atoms with Crippen LogP contribution in [0.15, 0.2) is 27.7 Å². The van der Waals surface area contributed by atoms with Gasteiger partial charge < -0.3 is 24.6 Å². The van der Waals surface area contributed by atoms with Gasteiger partial charge in [0, 0.05) is 37.3 Å². The summed E-state index contributed by atoms with van der Waals surface area (Å²) in [6.07, 6.45) is 5.85. The minimum atomic E-state index is 0. The molecule has 0 spiro atoms. The molecule has 0 amide bonds. The Morgan fingerprint density at radius 2 is 2.00 bits per heavy atom. The van der Waals surface area contributed by atoms with Crippen LogP contribution in [0.3, 0.4) is 0 Å². The molecule has 1 aliphatic rings. The van der Waals surface area contributed by atoms with E-state index in [1.807, 2.05) is 32.0 Å². The van der Waals surface area contributed by atoms with Gasteiger partial charge in [-0.2, -0.15) is 0 Å². The fraction of sp³-hybridized carbons (Fsp3) is 0.545. The van der Waals surface area contributed by atoms with Crippen molar-refractivity contribution in [2.24, 2.45) is 4.99 Å². The number of aliphatic imine (C=N–C) groups is 1. The Kier molecular flexibility index (Phi) is 9.74. The summed E-state index contributed by atoms with van der Waals surface area (Å²) < 4.78 is 16.9. The fourth-order valence-corrected chi connectivity index (χ4v) is 3.67. The first-order valence-electron chi connectivity index (χ1n) is 10.3. The number of nitrogens with zero attached hydrogens (tertiary/aromatic N) is 2. The smallest absolute Gasteiger partial charge is 0.191 e. The van der Waals surface area contributed by atoms with Crippen molar-refractivity contribution in [2.75, 3.05) is 20.7 Å². The first-order chi connectivity index (χ1) is 14.1. The Hall–Kier alpha value is -1.97. The molecule has 2 aromatic rings. The largest absolute Gasteiger partial charge is 0.497 e. The third kappa shape index (κ3) is 6.52. The average Bonchev–Trinajstić information content (AvgIpc) is 3.35. The van der Waals surface area contributed by atoms with Crippen LogP contribution in [0.4, 0.5) is 0 Å². The highest BCUT2D eigenvalue weighted by molar-refractivity contribution is 14.0. The van der Waals surface area contributed by atoms with Crippen LogP contribution in [0.1, 0.15) is 48.3 Å². The number of halogens is 1. The van der Waals surface area contributed by atoms with Crippen LogP contribution in [-0.2, 0) is 13.0 Å². The molecule has 2 N–H and O–H groups in total. The second-order valence-corrected chi connectivity index (χ2v) is 7.40. The van der Waals surface area contributed by atoms with E-state index < -0.39 is 0 Å². The van der Waals surface area contributed by atoms with E-state index in [9.17, 15) is 0 Å². The lowest BCUT2D eigenvalue weighted by molar-refractivity contribution is 0.207. The van der Waals surface area contributed by atoms with Crippen LogP contribution >= 0.6 is 24.0 Å². The van der Waals surface area contributed by atoms with Gasteiger partial charge in [0.15, 0.2) is 5.96 Å². The Morgan fingerprint density at radius 3 is 2.63 bits per heavy atom. The minimum Gasteiger partial charge on any atom is -0.497 e. The third-order valence-corrected chi connectivity index (χ3v) is 5.39. The number of benzene rings is 1. The lowest BCUT2D eigenvalue weighted by Crippen LogP contribution is -2.38. The summed E-state index contributed by atoms with van der Waals surface area (Å²) in [4.78, 5) is 4.32. The van der Waals surface area contributed by atoms with Crippen LogP contribution in [-0.4, -0.2) is 37.9 Å². The minimum absolute atomic E-state index is 0. The van der Waals surface area contributed by atoms with Crippen LogP contribution in [0, 0.1) is 13.8 Å². The molecule has 0 aliphatic heterocycles. The molecule has 0 saturated heterocycles. The molecule has 1 aromatic heterocycles. The summed E-state index contributed by atoms with van der Waals surface area (Å²) in [5.41, 5.74) is 3.18. The lowest BCUT2D eigenvalue weighted by Gasteiger charge is -2.19. The summed E-state index contributed by atoms with van der Waals surface area (Å²) in [5.74, 6) is 3.32. The maximum Gasteiger partial charge on any atom is 0.191 e. The number of ether oxygens (including phenoxy) is 2. The van der Waals surface area contributed by atoms with Gasteiger partial charge in [-0.25, -0.2) is 0 Å². The third-order valence-electron chi connectivity index (χ3n) is 5.39. The zero-order valence-corrected chi connectivity index (χ0v) is 20.6. The van der Waals surface area contributed by atoms with Crippen LogP contribution in [0.25, 0.3) is 0 Å². The summed E-state index contributed by atoms with van der Waals surface area (Å²) in [5, 5.41) is 10.7. The number of hydrogen-bond acceptors (Lipinski definition) is 5. The molecule has 1 aliphatic carbocycles. The Balaban J connectivity index is 0.00000320. The normalized spacial score (nSPS) is 14.3. The van der Waals surface area contributed by atoms with Crippen molar-refractivity contribution in [2.45, 2.75) is 58.6 Å². The molecular weight excluding hydrogens is 495 g/mol. The molecule has 0 bridgehead atoms. The van der Waals surface area contributed by atoms with E-state index >= 15 is 0 Å². The van der Waals surface area contributed by atoms with Gasteiger partial charge in [-0.1, -0.05) is 5.16 Å². The van der Waals surface area contributed by atoms with E-state index in [2.05, 4.69) is 20.8 Å². The van der Waals surface area contributed by atoms with Gasteiger partial charge in [0.1, 0.15) is 17.3 Å². The first kappa shape index (κ1) is 24.3. The van der Waals surface area contributed by atoms with Gasteiger partial charge in [-0.05, 0) is 58.1 Å². The van der Waals surface area contributed by atoms with Gasteiger partial charge in [0.2, 0.25) is 0 Å². The number of aryl methyl sites for hydroxylation is 2. The van der Waals surface area contributed by atoms with Crippen molar-refractivity contribution < 1.29 is 14.0 Å². The van der Waals surface area contributed by atoms with E-state index in [0.29, 0.717) is 12.6 Å². The predicted octanol–water partition coefficient (Wildman–Crippen LogP) is 4.15. The molecule has 0 atom stereocenters. The number of aromatic nitrogens is 1. The molecule has 3 rings (SSSR count). The second kappa shape index (κ2) is 12.0. The molecule has 0 unspecified atom stereocenters. The highest BCUT2D eigenvalue weighted by Gasteiger charge is 2.18. The molecule has 1 saturated carbocycles. The van der Waals surface area contributed by atoms with Gasteiger partial charge in [0.05, 0.1) is 18.9 Å². The highest BCUT2D eigenvalue weighted by atomic mass is 127. The number of guanidine groups is 1. The van der Waals surface area contributed by atoms with E-state index in [-0.39, 0.29) is 24.0 Å². The quantitative estimate of drug-likeness (QED) is 0.305. The van der Waals surface area contributed by atoms with Crippen LogP contribution < -0.4 is 20.1 Å². The second-order valence-electron chi connectivity index (χ2n) is 7.40. The maximum absolute atomic E-state index is 6.27. The molecule has 0 radical (unpaired) electrons. The zero-order valence-electron chi connectivity index (χ0n) is 18.3. The Morgan fingerprint density at radius 1 is 1.23 bits per heavy atom. The molecule has 8 heteroatoms. The van der Waals surface area contributed by atoms with Crippen molar-refractivity contribution in [3.63, 3.8) is 0 Å². The van der Waals surface area contributed by atoms with E-state index in [1.165, 1.54) is 12.8 Å². The molecule has 7 nitrogen and oxygen atoms in total. The summed E-state index contributed by atoms with van der Waals surface area (Å²) >= 11 is 0. The fourth-order valence-electron chi connectivity index (χ4n) is 3.67. The molecule has 1 aromatic carbocycles. The average molecular weight is 528 g/mol. The zero-order chi connectivity index (χ0) is 20.6. The van der Waals surface area contributed by atoms with Crippen molar-refractivity contribution in [3.8, 4) is 11.5 Å². The molecule has 1 heterocycles. The van der Waals surface area contributed by atoms with Gasteiger partial charge in [0.25, 0.3) is 0 Å². The molecule has 1 fully saturated rings. The Labute approximate surface area is 196 Å². The van der Waals surface area contributed by atoms with Crippen molar-refractivity contribution in [1.29, 1.82) is 0 Å². The predicted molar refractivity (Wildman–Crippen MR) is 129 cm³/mol. The Bertz CT molecular complexity index is 812. The van der Waals surface area contributed by atoms with Crippen LogP contribution in [0.2, 0.25) is 0 Å². The number of methoxy groups -OCH3 is 1. The van der Waals surface area contributed by atoms with Crippen molar-refractivity contribution in [3.05, 3.63) is 40.8 Å². The highest BCUT2D eigenvalue weighted by Crippen LogP contribution is 2.30. The summed E-state index contributed by atoms with van der Waals surface area (Å²) in [6, 6.07) is 5.99. The number of hydrogen-bond donors (Lipinski definition) is 2. The maximum atomic E-state index is 6.27. The summed E-state index contributed by atoms with van der Waals surface area (Å²) in [6.45, 7) is 5.28. The van der Waals surface area contributed by atoms with Crippen molar-refractivity contribution >= 4 is 29.9 Å². The monoisotopic (exact) mass is 528 g/mol. The number of rotatable bonds is 8. The topological polar surface area (TPSA) is 80.9 Å². The first-order valence-corrected chi connectivity index (χ1v) is 10.3. The van der Waals surface area contributed by atoms with Crippen molar-refractivity contribution in [1.82, 2.24) is 15.8 Å².